The topological polar surface area (TPSA) is 66.5 Å². The molecule has 0 saturated carbocycles. The molecule has 1 aliphatic heterocycles. The molecule has 0 spiro atoms. The predicted molar refractivity (Wildman–Crippen MR) is 85.2 cm³/mol. The summed E-state index contributed by atoms with van der Waals surface area (Å²) in [6.07, 6.45) is 4.17. The van der Waals surface area contributed by atoms with Crippen LogP contribution in [0.2, 0.25) is 5.02 Å². The van der Waals surface area contributed by atoms with Gasteiger partial charge >= 0.3 is 0 Å². The third-order valence-corrected chi connectivity index (χ3v) is 5.96. The van der Waals surface area contributed by atoms with E-state index in [0.717, 1.165) is 36.6 Å². The number of amides is 1. The van der Waals surface area contributed by atoms with Crippen molar-refractivity contribution in [2.75, 3.05) is 12.8 Å². The van der Waals surface area contributed by atoms with Crippen LogP contribution in [0.15, 0.2) is 18.2 Å². The van der Waals surface area contributed by atoms with Gasteiger partial charge in [-0.1, -0.05) is 17.7 Å². The van der Waals surface area contributed by atoms with Crippen molar-refractivity contribution in [3.8, 4) is 0 Å². The Morgan fingerprint density at radius 1 is 1.36 bits per heavy atom. The molecule has 1 aliphatic carbocycles. The number of rotatable bonds is 3. The Morgan fingerprint density at radius 2 is 2.14 bits per heavy atom. The lowest BCUT2D eigenvalue weighted by Gasteiger charge is -2.23. The number of fused-ring (bicyclic) bond motifs is 1. The summed E-state index contributed by atoms with van der Waals surface area (Å²) in [4.78, 5) is 12.5. The third-order valence-electron chi connectivity index (χ3n) is 4.43. The monoisotopic (exact) mass is 342 g/mol. The maximum Gasteiger partial charge on any atom is 0.238 e. The van der Waals surface area contributed by atoms with Crippen LogP contribution in [0, 0.1) is 0 Å². The molecule has 2 aliphatic rings. The molecule has 7 heteroatoms. The largest absolute Gasteiger partial charge is 0.348 e. The van der Waals surface area contributed by atoms with E-state index in [9.17, 15) is 13.2 Å². The molecule has 120 valence electrons. The summed E-state index contributed by atoms with van der Waals surface area (Å²) in [5, 5.41) is 3.71. The summed E-state index contributed by atoms with van der Waals surface area (Å²) >= 11 is 5.99. The van der Waals surface area contributed by atoms with Crippen LogP contribution >= 0.6 is 11.6 Å². The van der Waals surface area contributed by atoms with E-state index in [2.05, 4.69) is 5.32 Å². The molecule has 1 fully saturated rings. The van der Waals surface area contributed by atoms with E-state index in [1.54, 1.807) is 0 Å². The zero-order valence-corrected chi connectivity index (χ0v) is 14.0. The van der Waals surface area contributed by atoms with Gasteiger partial charge in [0.15, 0.2) is 0 Å². The van der Waals surface area contributed by atoms with Gasteiger partial charge < -0.3 is 5.32 Å². The lowest BCUT2D eigenvalue weighted by Crippen LogP contribution is -2.46. The maximum atomic E-state index is 12.5. The molecule has 2 unspecified atom stereocenters. The lowest BCUT2D eigenvalue weighted by atomic mass is 10.1. The van der Waals surface area contributed by atoms with E-state index in [-0.39, 0.29) is 11.9 Å². The Bertz CT molecular complexity index is 705. The Morgan fingerprint density at radius 3 is 2.86 bits per heavy atom. The fourth-order valence-corrected chi connectivity index (χ4v) is 4.72. The Hall–Kier alpha value is -1.11. The van der Waals surface area contributed by atoms with Crippen LogP contribution in [0.3, 0.4) is 0 Å². The number of hydrogen-bond acceptors (Lipinski definition) is 3. The molecule has 1 aromatic rings. The van der Waals surface area contributed by atoms with Crippen molar-refractivity contribution in [2.24, 2.45) is 0 Å². The fraction of sp³-hybridized carbons (Fsp3) is 0.533. The zero-order valence-electron chi connectivity index (χ0n) is 12.4. The fourth-order valence-electron chi connectivity index (χ4n) is 3.40. The zero-order chi connectivity index (χ0) is 15.9. The van der Waals surface area contributed by atoms with E-state index < -0.39 is 16.1 Å². The van der Waals surface area contributed by atoms with Crippen LogP contribution in [0.25, 0.3) is 0 Å². The Balaban J connectivity index is 1.74. The molecule has 1 N–H and O–H groups in total. The quantitative estimate of drug-likeness (QED) is 0.911. The van der Waals surface area contributed by atoms with E-state index in [1.807, 2.05) is 18.2 Å². The Kier molecular flexibility index (Phi) is 4.18. The molecule has 5 nitrogen and oxygen atoms in total. The lowest BCUT2D eigenvalue weighted by molar-refractivity contribution is -0.124. The van der Waals surface area contributed by atoms with Gasteiger partial charge in [0, 0.05) is 11.6 Å². The molecule has 22 heavy (non-hydrogen) atoms. The van der Waals surface area contributed by atoms with E-state index in [1.165, 1.54) is 4.31 Å². The number of sulfonamides is 1. The number of hydrogen-bond donors (Lipinski definition) is 1. The summed E-state index contributed by atoms with van der Waals surface area (Å²) in [5.41, 5.74) is 2.24. The van der Waals surface area contributed by atoms with Crippen molar-refractivity contribution in [3.05, 3.63) is 34.3 Å². The summed E-state index contributed by atoms with van der Waals surface area (Å²) in [5.74, 6) is -0.198. The highest BCUT2D eigenvalue weighted by Crippen LogP contribution is 2.33. The number of benzene rings is 1. The van der Waals surface area contributed by atoms with Crippen molar-refractivity contribution in [1.82, 2.24) is 9.62 Å². The maximum absolute atomic E-state index is 12.5. The van der Waals surface area contributed by atoms with Crippen LogP contribution in [0.5, 0.6) is 0 Å². The number of carbonyl (C=O) groups excluding carboxylic acids is 1. The van der Waals surface area contributed by atoms with Crippen LogP contribution in [-0.2, 0) is 21.2 Å². The second kappa shape index (κ2) is 5.83. The van der Waals surface area contributed by atoms with Crippen molar-refractivity contribution >= 4 is 27.5 Å². The van der Waals surface area contributed by atoms with Gasteiger partial charge in [-0.25, -0.2) is 8.42 Å². The molecule has 1 saturated heterocycles. The van der Waals surface area contributed by atoms with Crippen molar-refractivity contribution in [1.29, 1.82) is 0 Å². The number of aryl methyl sites for hydroxylation is 1. The van der Waals surface area contributed by atoms with Crippen molar-refractivity contribution in [3.63, 3.8) is 0 Å². The first-order chi connectivity index (χ1) is 10.4. The molecular weight excluding hydrogens is 324 g/mol. The van der Waals surface area contributed by atoms with Gasteiger partial charge in [-0.05, 0) is 48.9 Å². The minimum Gasteiger partial charge on any atom is -0.348 e. The van der Waals surface area contributed by atoms with E-state index in [4.69, 9.17) is 11.6 Å². The molecule has 0 bridgehead atoms. The third kappa shape index (κ3) is 3.00. The van der Waals surface area contributed by atoms with Gasteiger partial charge in [0.05, 0.1) is 12.3 Å². The van der Waals surface area contributed by atoms with Gasteiger partial charge in [-0.3, -0.25) is 4.79 Å². The van der Waals surface area contributed by atoms with Crippen LogP contribution < -0.4 is 5.32 Å². The smallest absolute Gasteiger partial charge is 0.238 e. The molecule has 2 atom stereocenters. The second-order valence-electron chi connectivity index (χ2n) is 5.97. The van der Waals surface area contributed by atoms with Gasteiger partial charge in [0.25, 0.3) is 0 Å². The summed E-state index contributed by atoms with van der Waals surface area (Å²) in [7, 11) is -3.34. The first-order valence-electron chi connectivity index (χ1n) is 7.42. The van der Waals surface area contributed by atoms with Crippen LogP contribution in [0.4, 0.5) is 0 Å². The minimum absolute atomic E-state index is 0.0539. The molecule has 1 amide bonds. The van der Waals surface area contributed by atoms with Crippen molar-refractivity contribution in [2.45, 2.75) is 37.8 Å². The summed E-state index contributed by atoms with van der Waals surface area (Å²) in [6.45, 7) is 0.424. The standard InChI is InChI=1S/C15H19ClN2O3S/c1-22(20,21)18-8-2-3-14(18)15(19)17-13-7-4-10-9-11(16)5-6-12(10)13/h5-6,9,13-14H,2-4,7-8H2,1H3,(H,17,19). The van der Waals surface area contributed by atoms with Crippen molar-refractivity contribution < 1.29 is 13.2 Å². The Labute approximate surface area is 135 Å². The number of halogens is 1. The molecule has 3 rings (SSSR count). The molecule has 1 aromatic carbocycles. The average Bonchev–Trinajstić information content (AvgIpc) is 3.05. The van der Waals surface area contributed by atoms with Gasteiger partial charge in [0.1, 0.15) is 6.04 Å². The molecule has 1 heterocycles. The first kappa shape index (κ1) is 15.8. The number of nitrogens with one attached hydrogen (secondary N) is 1. The molecular formula is C15H19ClN2O3S. The average molecular weight is 343 g/mol. The second-order valence-corrected chi connectivity index (χ2v) is 8.35. The van der Waals surface area contributed by atoms with Gasteiger partial charge in [0.2, 0.25) is 15.9 Å². The predicted octanol–water partition coefficient (Wildman–Crippen LogP) is 1.87. The van der Waals surface area contributed by atoms with Gasteiger partial charge in [-0.2, -0.15) is 4.31 Å². The highest BCUT2D eigenvalue weighted by molar-refractivity contribution is 7.88. The first-order valence-corrected chi connectivity index (χ1v) is 9.64. The highest BCUT2D eigenvalue weighted by atomic mass is 35.5. The van der Waals surface area contributed by atoms with Gasteiger partial charge in [-0.15, -0.1) is 0 Å². The summed E-state index contributed by atoms with van der Waals surface area (Å²) in [6, 6.07) is 5.07. The van der Waals surface area contributed by atoms with Crippen LogP contribution in [0.1, 0.15) is 36.4 Å². The van der Waals surface area contributed by atoms with Crippen LogP contribution in [-0.4, -0.2) is 37.5 Å². The highest BCUT2D eigenvalue weighted by Gasteiger charge is 2.37. The van der Waals surface area contributed by atoms with E-state index >= 15 is 0 Å². The SMILES string of the molecule is CS(=O)(=O)N1CCCC1C(=O)NC1CCc2cc(Cl)ccc21. The molecule has 0 radical (unpaired) electrons. The number of carbonyl (C=O) groups is 1. The molecule has 0 aromatic heterocycles. The normalized spacial score (nSPS) is 25.2. The number of nitrogens with zero attached hydrogens (tertiary/aromatic N) is 1. The minimum atomic E-state index is -3.34. The summed E-state index contributed by atoms with van der Waals surface area (Å²) < 4.78 is 24.8. The van der Waals surface area contributed by atoms with E-state index in [0.29, 0.717) is 18.0 Å².